The number of carbonyl (C=O) groups is 1. The van der Waals surface area contributed by atoms with Crippen LogP contribution in [-0.2, 0) is 11.3 Å². The second-order valence-electron chi connectivity index (χ2n) is 7.22. The molecule has 0 unspecified atom stereocenters. The number of nitrogens with zero attached hydrogens (tertiary/aromatic N) is 3. The number of rotatable bonds is 5. The molecule has 2 aromatic heterocycles. The Balaban J connectivity index is 1.65. The fraction of sp³-hybridized carbons (Fsp3) is 0.130. The number of benzene rings is 2. The van der Waals surface area contributed by atoms with Crippen molar-refractivity contribution in [2.75, 3.05) is 5.32 Å². The predicted octanol–water partition coefficient (Wildman–Crippen LogP) is 4.61. The largest absolute Gasteiger partial charge is 0.333 e. The first-order valence-corrected chi connectivity index (χ1v) is 10.1. The van der Waals surface area contributed by atoms with Crippen LogP contribution in [0.3, 0.4) is 0 Å². The summed E-state index contributed by atoms with van der Waals surface area (Å²) in [6.07, 6.45) is 0. The van der Waals surface area contributed by atoms with Crippen molar-refractivity contribution in [1.29, 1.82) is 0 Å². The molecular formula is C23H18ClFN4O3. The van der Waals surface area contributed by atoms with Gasteiger partial charge in [0, 0.05) is 22.0 Å². The van der Waals surface area contributed by atoms with Gasteiger partial charge in [0.05, 0.1) is 0 Å². The van der Waals surface area contributed by atoms with Crippen LogP contribution < -0.4 is 10.9 Å². The van der Waals surface area contributed by atoms with Crippen LogP contribution in [0.4, 0.5) is 10.1 Å². The van der Waals surface area contributed by atoms with Gasteiger partial charge in [0.1, 0.15) is 17.9 Å². The molecule has 9 heteroatoms. The fourth-order valence-electron chi connectivity index (χ4n) is 3.33. The Labute approximate surface area is 187 Å². The molecule has 4 aromatic rings. The highest BCUT2D eigenvalue weighted by Crippen LogP contribution is 2.24. The van der Waals surface area contributed by atoms with Gasteiger partial charge in [0.15, 0.2) is 0 Å². The highest BCUT2D eigenvalue weighted by Gasteiger charge is 2.20. The molecule has 0 bridgehead atoms. The smallest absolute Gasteiger partial charge is 0.264 e. The van der Waals surface area contributed by atoms with Gasteiger partial charge in [-0.1, -0.05) is 28.9 Å². The quantitative estimate of drug-likeness (QED) is 0.477. The van der Waals surface area contributed by atoms with Crippen molar-refractivity contribution in [3.05, 3.63) is 87.0 Å². The monoisotopic (exact) mass is 452 g/mol. The molecule has 0 saturated heterocycles. The molecule has 162 valence electrons. The van der Waals surface area contributed by atoms with Crippen molar-refractivity contribution in [3.63, 3.8) is 0 Å². The van der Waals surface area contributed by atoms with E-state index in [9.17, 15) is 14.0 Å². The summed E-state index contributed by atoms with van der Waals surface area (Å²) in [7, 11) is 0. The number of anilines is 1. The molecule has 1 N–H and O–H groups in total. The van der Waals surface area contributed by atoms with E-state index in [0.29, 0.717) is 33.4 Å². The van der Waals surface area contributed by atoms with Crippen LogP contribution in [0.15, 0.2) is 63.9 Å². The predicted molar refractivity (Wildman–Crippen MR) is 119 cm³/mol. The van der Waals surface area contributed by atoms with Crippen molar-refractivity contribution < 1.29 is 13.7 Å². The zero-order chi connectivity index (χ0) is 22.8. The Bertz CT molecular complexity index is 1360. The number of aryl methyl sites for hydroxylation is 2. The van der Waals surface area contributed by atoms with Gasteiger partial charge in [-0.25, -0.2) is 4.39 Å². The van der Waals surface area contributed by atoms with E-state index < -0.39 is 17.3 Å². The zero-order valence-corrected chi connectivity index (χ0v) is 18.0. The molecule has 1 amide bonds. The molecule has 32 heavy (non-hydrogen) atoms. The zero-order valence-electron chi connectivity index (χ0n) is 17.2. The minimum atomic E-state index is -0.432. The summed E-state index contributed by atoms with van der Waals surface area (Å²) >= 11 is 6.03. The third-order valence-corrected chi connectivity index (χ3v) is 5.09. The normalized spacial score (nSPS) is 10.9. The summed E-state index contributed by atoms with van der Waals surface area (Å²) in [5.74, 6) is -0.491. The summed E-state index contributed by atoms with van der Waals surface area (Å²) in [5, 5.41) is 7.13. The van der Waals surface area contributed by atoms with Gasteiger partial charge < -0.3 is 14.4 Å². The maximum Gasteiger partial charge on any atom is 0.264 e. The van der Waals surface area contributed by atoms with Crippen molar-refractivity contribution >= 4 is 23.2 Å². The van der Waals surface area contributed by atoms with Crippen molar-refractivity contribution in [2.45, 2.75) is 20.4 Å². The lowest BCUT2D eigenvalue weighted by atomic mass is 10.1. The van der Waals surface area contributed by atoms with Gasteiger partial charge in [-0.15, -0.1) is 0 Å². The number of amides is 1. The third kappa shape index (κ3) is 4.45. The number of hydrogen-bond donors (Lipinski definition) is 1. The van der Waals surface area contributed by atoms with Crippen LogP contribution in [0.5, 0.6) is 0 Å². The van der Waals surface area contributed by atoms with Crippen LogP contribution in [-0.4, -0.2) is 20.6 Å². The standard InChI is InChI=1S/C23H18ClFN4O3/c1-13-10-14(2)29(12-19(30)26-18-8-6-17(25)7-9-18)23(31)20(13)22-27-21(28-32-22)15-4-3-5-16(24)11-15/h3-11H,12H2,1-2H3,(H,26,30). The van der Waals surface area contributed by atoms with E-state index in [-0.39, 0.29) is 18.0 Å². The Kier molecular flexibility index (Phi) is 5.87. The van der Waals surface area contributed by atoms with Gasteiger partial charge >= 0.3 is 0 Å². The molecule has 4 rings (SSSR count). The number of carbonyl (C=O) groups excluding carboxylic acids is 1. The molecule has 0 fully saturated rings. The topological polar surface area (TPSA) is 90.0 Å². The Morgan fingerprint density at radius 2 is 1.91 bits per heavy atom. The average Bonchev–Trinajstić information content (AvgIpc) is 3.22. The van der Waals surface area contributed by atoms with Crippen LogP contribution in [0.25, 0.3) is 22.8 Å². The number of nitrogens with one attached hydrogen (secondary N) is 1. The first kappa shape index (κ1) is 21.5. The number of aromatic nitrogens is 3. The Hall–Kier alpha value is -3.78. The SMILES string of the molecule is Cc1cc(C)n(CC(=O)Nc2ccc(F)cc2)c(=O)c1-c1nc(-c2cccc(Cl)c2)no1. The highest BCUT2D eigenvalue weighted by molar-refractivity contribution is 6.30. The molecule has 2 aromatic carbocycles. The van der Waals surface area contributed by atoms with E-state index in [1.807, 2.05) is 0 Å². The lowest BCUT2D eigenvalue weighted by Crippen LogP contribution is -2.30. The van der Waals surface area contributed by atoms with E-state index in [0.717, 1.165) is 0 Å². The Morgan fingerprint density at radius 1 is 1.16 bits per heavy atom. The molecule has 2 heterocycles. The average molecular weight is 453 g/mol. The number of pyridine rings is 1. The summed E-state index contributed by atoms with van der Waals surface area (Å²) < 4.78 is 19.7. The van der Waals surface area contributed by atoms with Gasteiger partial charge in [-0.2, -0.15) is 4.98 Å². The number of hydrogen-bond acceptors (Lipinski definition) is 5. The lowest BCUT2D eigenvalue weighted by molar-refractivity contribution is -0.116. The second-order valence-corrected chi connectivity index (χ2v) is 7.66. The van der Waals surface area contributed by atoms with E-state index in [1.54, 1.807) is 44.2 Å². The lowest BCUT2D eigenvalue weighted by Gasteiger charge is -2.13. The van der Waals surface area contributed by atoms with Gasteiger partial charge in [0.25, 0.3) is 11.4 Å². The van der Waals surface area contributed by atoms with E-state index >= 15 is 0 Å². The van der Waals surface area contributed by atoms with Crippen molar-refractivity contribution in [2.24, 2.45) is 0 Å². The molecule has 7 nitrogen and oxygen atoms in total. The fourth-order valence-corrected chi connectivity index (χ4v) is 3.52. The second kappa shape index (κ2) is 8.76. The minimum Gasteiger partial charge on any atom is -0.333 e. The highest BCUT2D eigenvalue weighted by atomic mass is 35.5. The molecule has 0 atom stereocenters. The van der Waals surface area contributed by atoms with E-state index in [2.05, 4.69) is 15.5 Å². The third-order valence-electron chi connectivity index (χ3n) is 4.86. The number of halogens is 2. The van der Waals surface area contributed by atoms with Crippen LogP contribution >= 0.6 is 11.6 Å². The van der Waals surface area contributed by atoms with Crippen molar-refractivity contribution in [3.8, 4) is 22.8 Å². The molecule has 0 aliphatic carbocycles. The van der Waals surface area contributed by atoms with Crippen LogP contribution in [0.1, 0.15) is 11.3 Å². The van der Waals surface area contributed by atoms with E-state index in [4.69, 9.17) is 16.1 Å². The summed E-state index contributed by atoms with van der Waals surface area (Å²) in [6.45, 7) is 3.26. The minimum absolute atomic E-state index is 0.0511. The van der Waals surface area contributed by atoms with Crippen LogP contribution in [0, 0.1) is 19.7 Å². The maximum atomic E-state index is 13.2. The van der Waals surface area contributed by atoms with Gasteiger partial charge in [0.2, 0.25) is 11.7 Å². The summed E-state index contributed by atoms with van der Waals surface area (Å²) in [6, 6.07) is 14.1. The molecule has 0 aliphatic heterocycles. The maximum absolute atomic E-state index is 13.2. The van der Waals surface area contributed by atoms with E-state index in [1.165, 1.54) is 28.8 Å². The van der Waals surface area contributed by atoms with Gasteiger partial charge in [-0.3, -0.25) is 9.59 Å². The first-order chi connectivity index (χ1) is 15.3. The van der Waals surface area contributed by atoms with Crippen LogP contribution in [0.2, 0.25) is 5.02 Å². The van der Waals surface area contributed by atoms with Crippen molar-refractivity contribution in [1.82, 2.24) is 14.7 Å². The molecule has 0 saturated carbocycles. The summed E-state index contributed by atoms with van der Waals surface area (Å²) in [4.78, 5) is 30.1. The first-order valence-electron chi connectivity index (χ1n) is 9.68. The molecular weight excluding hydrogens is 435 g/mol. The molecule has 0 spiro atoms. The molecule has 0 radical (unpaired) electrons. The molecule has 0 aliphatic rings. The van der Waals surface area contributed by atoms with Gasteiger partial charge in [-0.05, 0) is 61.9 Å². The summed E-state index contributed by atoms with van der Waals surface area (Å²) in [5.41, 5.74) is 2.10. The Morgan fingerprint density at radius 3 is 2.62 bits per heavy atom.